The highest BCUT2D eigenvalue weighted by Gasteiger charge is 2.19. The van der Waals surface area contributed by atoms with Crippen LogP contribution in [0.5, 0.6) is 0 Å². The van der Waals surface area contributed by atoms with Crippen molar-refractivity contribution < 1.29 is 28.6 Å². The molecule has 418 valence electrons. The van der Waals surface area contributed by atoms with Crippen molar-refractivity contribution in [1.29, 1.82) is 0 Å². The predicted molar refractivity (Wildman–Crippen MR) is 312 cm³/mol. The SMILES string of the molecule is CC/C=C\C/C=C\C/C=C\C/C=C\CCCCCCCCCCCCCCCCCCCCC(=O)OCC(COC(=O)CCCCCCC/C=C\CCC)OC(=O)CCCCCCCCCCCCCCC. The molecule has 0 saturated carbocycles. The summed E-state index contributed by atoms with van der Waals surface area (Å²) >= 11 is 0. The molecule has 0 amide bonds. The van der Waals surface area contributed by atoms with Gasteiger partial charge in [0.15, 0.2) is 6.10 Å². The van der Waals surface area contributed by atoms with E-state index in [0.717, 1.165) is 96.3 Å². The molecule has 6 heteroatoms. The Labute approximate surface area is 447 Å². The molecule has 0 bridgehead atoms. The van der Waals surface area contributed by atoms with Gasteiger partial charge in [-0.1, -0.05) is 287 Å². The number of carbonyl (C=O) groups excluding carboxylic acids is 3. The molecule has 0 aliphatic rings. The molecule has 1 atom stereocenters. The minimum atomic E-state index is -0.772. The largest absolute Gasteiger partial charge is 0.462 e. The van der Waals surface area contributed by atoms with Gasteiger partial charge in [0.1, 0.15) is 13.2 Å². The maximum absolute atomic E-state index is 12.8. The number of carbonyl (C=O) groups is 3. The van der Waals surface area contributed by atoms with Crippen molar-refractivity contribution in [3.8, 4) is 0 Å². The Kier molecular flexibility index (Phi) is 58.2. The van der Waals surface area contributed by atoms with Gasteiger partial charge in [0.05, 0.1) is 0 Å². The molecule has 0 rings (SSSR count). The molecule has 0 aromatic rings. The van der Waals surface area contributed by atoms with Crippen LogP contribution in [0.1, 0.15) is 323 Å². The van der Waals surface area contributed by atoms with Crippen molar-refractivity contribution in [3.63, 3.8) is 0 Å². The summed E-state index contributed by atoms with van der Waals surface area (Å²) < 4.78 is 16.9. The van der Waals surface area contributed by atoms with Crippen LogP contribution in [0.15, 0.2) is 60.8 Å². The lowest BCUT2D eigenvalue weighted by Gasteiger charge is -2.18. The molecule has 0 aliphatic heterocycles. The molecule has 0 heterocycles. The minimum Gasteiger partial charge on any atom is -0.462 e. The summed E-state index contributed by atoms with van der Waals surface area (Å²) in [5, 5.41) is 0. The highest BCUT2D eigenvalue weighted by molar-refractivity contribution is 5.71. The van der Waals surface area contributed by atoms with Crippen molar-refractivity contribution in [2.75, 3.05) is 13.2 Å². The van der Waals surface area contributed by atoms with Crippen LogP contribution in [0.3, 0.4) is 0 Å². The van der Waals surface area contributed by atoms with Crippen LogP contribution >= 0.6 is 0 Å². The van der Waals surface area contributed by atoms with E-state index in [4.69, 9.17) is 14.2 Å². The van der Waals surface area contributed by atoms with Crippen molar-refractivity contribution >= 4 is 17.9 Å². The predicted octanol–water partition coefficient (Wildman–Crippen LogP) is 21.2. The van der Waals surface area contributed by atoms with E-state index >= 15 is 0 Å². The quantitative estimate of drug-likeness (QED) is 0.0261. The van der Waals surface area contributed by atoms with E-state index < -0.39 is 6.10 Å². The first-order valence-electron chi connectivity index (χ1n) is 31.3. The highest BCUT2D eigenvalue weighted by Crippen LogP contribution is 2.17. The lowest BCUT2D eigenvalue weighted by molar-refractivity contribution is -0.167. The summed E-state index contributed by atoms with van der Waals surface area (Å²) in [5.74, 6) is -0.867. The van der Waals surface area contributed by atoms with Gasteiger partial charge in [-0.15, -0.1) is 0 Å². The van der Waals surface area contributed by atoms with Crippen LogP contribution in [-0.2, 0) is 28.6 Å². The second-order valence-corrected chi connectivity index (χ2v) is 20.9. The van der Waals surface area contributed by atoms with Crippen LogP contribution in [0.25, 0.3) is 0 Å². The van der Waals surface area contributed by atoms with Crippen LogP contribution in [0.4, 0.5) is 0 Å². The molecule has 0 saturated heterocycles. The van der Waals surface area contributed by atoms with E-state index in [1.165, 1.54) is 186 Å². The molecule has 0 spiro atoms. The Morgan fingerprint density at radius 3 is 0.917 bits per heavy atom. The van der Waals surface area contributed by atoms with E-state index in [2.05, 4.69) is 81.5 Å². The monoisotopic (exact) mass is 1010 g/mol. The molecule has 0 aromatic carbocycles. The fourth-order valence-electron chi connectivity index (χ4n) is 9.09. The highest BCUT2D eigenvalue weighted by atomic mass is 16.6. The van der Waals surface area contributed by atoms with Gasteiger partial charge in [-0.05, 0) is 77.0 Å². The van der Waals surface area contributed by atoms with E-state index in [1.807, 2.05) is 0 Å². The van der Waals surface area contributed by atoms with Gasteiger partial charge >= 0.3 is 17.9 Å². The van der Waals surface area contributed by atoms with E-state index in [9.17, 15) is 14.4 Å². The Bertz CT molecular complexity index is 1290. The Balaban J connectivity index is 4.06. The third-order valence-electron chi connectivity index (χ3n) is 13.7. The van der Waals surface area contributed by atoms with Gasteiger partial charge in [0.25, 0.3) is 0 Å². The van der Waals surface area contributed by atoms with Crippen molar-refractivity contribution in [2.24, 2.45) is 0 Å². The number of hydrogen-bond donors (Lipinski definition) is 0. The number of unbranched alkanes of at least 4 members (excludes halogenated alkanes) is 36. The summed E-state index contributed by atoms with van der Waals surface area (Å²) in [6.07, 6.45) is 76.8. The lowest BCUT2D eigenvalue weighted by atomic mass is 10.0. The summed E-state index contributed by atoms with van der Waals surface area (Å²) in [5.41, 5.74) is 0. The average molecular weight is 1010 g/mol. The first-order valence-corrected chi connectivity index (χ1v) is 31.3. The van der Waals surface area contributed by atoms with Crippen LogP contribution in [0.2, 0.25) is 0 Å². The van der Waals surface area contributed by atoms with E-state index in [1.54, 1.807) is 0 Å². The number of ether oxygens (including phenoxy) is 3. The van der Waals surface area contributed by atoms with Gasteiger partial charge in [-0.2, -0.15) is 0 Å². The Hall–Kier alpha value is -2.89. The number of hydrogen-bond acceptors (Lipinski definition) is 6. The van der Waals surface area contributed by atoms with Crippen molar-refractivity contribution in [3.05, 3.63) is 60.8 Å². The Morgan fingerprint density at radius 2 is 0.569 bits per heavy atom. The molecule has 0 radical (unpaired) electrons. The number of rotatable bonds is 57. The van der Waals surface area contributed by atoms with Gasteiger partial charge < -0.3 is 14.2 Å². The van der Waals surface area contributed by atoms with Crippen molar-refractivity contribution in [2.45, 2.75) is 329 Å². The molecule has 6 nitrogen and oxygen atoms in total. The molecular formula is C66H118O6. The molecule has 0 N–H and O–H groups in total. The van der Waals surface area contributed by atoms with Crippen molar-refractivity contribution in [1.82, 2.24) is 0 Å². The average Bonchev–Trinajstić information content (AvgIpc) is 3.38. The summed E-state index contributed by atoms with van der Waals surface area (Å²) in [7, 11) is 0. The van der Waals surface area contributed by atoms with Gasteiger partial charge in [-0.3, -0.25) is 14.4 Å². The maximum Gasteiger partial charge on any atom is 0.306 e. The molecule has 72 heavy (non-hydrogen) atoms. The normalized spacial score (nSPS) is 12.4. The van der Waals surface area contributed by atoms with E-state index in [0.29, 0.717) is 19.3 Å². The number of allylic oxidation sites excluding steroid dienone is 10. The Morgan fingerprint density at radius 1 is 0.292 bits per heavy atom. The standard InChI is InChI=1S/C66H118O6/c1-4-7-10-13-16-19-22-24-25-26-27-28-29-30-31-32-33-34-35-36-37-38-39-40-41-43-44-47-50-53-56-59-65(68)71-62-63(61-70-64(67)58-55-52-49-46-21-18-15-12-9-6-3)72-66(69)60-57-54-51-48-45-42-23-20-17-14-11-8-5-2/h7,10,12,15-16,19,24-25,27-28,63H,4-6,8-9,11,13-14,17-18,20-23,26,29-62H2,1-3H3/b10-7-,15-12-,19-16-,25-24-,28-27-. The zero-order valence-electron chi connectivity index (χ0n) is 47.9. The summed E-state index contributed by atoms with van der Waals surface area (Å²) in [6, 6.07) is 0. The fourth-order valence-corrected chi connectivity index (χ4v) is 9.09. The van der Waals surface area contributed by atoms with Gasteiger partial charge in [0, 0.05) is 19.3 Å². The third-order valence-corrected chi connectivity index (χ3v) is 13.7. The third kappa shape index (κ3) is 58.0. The molecule has 0 fully saturated rings. The van der Waals surface area contributed by atoms with Crippen LogP contribution in [-0.4, -0.2) is 37.2 Å². The summed E-state index contributed by atoms with van der Waals surface area (Å²) in [4.78, 5) is 38.1. The smallest absolute Gasteiger partial charge is 0.306 e. The molecule has 1 unspecified atom stereocenters. The topological polar surface area (TPSA) is 78.9 Å². The van der Waals surface area contributed by atoms with E-state index in [-0.39, 0.29) is 31.1 Å². The number of esters is 3. The fraction of sp³-hybridized carbons (Fsp3) is 0.803. The first kappa shape index (κ1) is 69.1. The second-order valence-electron chi connectivity index (χ2n) is 20.9. The lowest BCUT2D eigenvalue weighted by Crippen LogP contribution is -2.30. The zero-order valence-corrected chi connectivity index (χ0v) is 47.9. The van der Waals surface area contributed by atoms with Crippen LogP contribution < -0.4 is 0 Å². The minimum absolute atomic E-state index is 0.0717. The van der Waals surface area contributed by atoms with Crippen LogP contribution in [0, 0.1) is 0 Å². The summed E-state index contributed by atoms with van der Waals surface area (Å²) in [6.45, 7) is 6.49. The second kappa shape index (κ2) is 60.7. The molecule has 0 aromatic heterocycles. The molecular weight excluding hydrogens is 889 g/mol. The van der Waals surface area contributed by atoms with Gasteiger partial charge in [-0.25, -0.2) is 0 Å². The van der Waals surface area contributed by atoms with Gasteiger partial charge in [0.2, 0.25) is 0 Å². The zero-order chi connectivity index (χ0) is 52.2. The first-order chi connectivity index (χ1) is 35.5. The maximum atomic E-state index is 12.8. The molecule has 0 aliphatic carbocycles.